The number of ether oxygens (including phenoxy) is 2. The summed E-state index contributed by atoms with van der Waals surface area (Å²) in [6.45, 7) is 0.356. The molecule has 1 aliphatic heterocycles. The topological polar surface area (TPSA) is 38.8 Å². The number of anilines is 1. The molecule has 0 unspecified atom stereocenters. The minimum Gasteiger partial charge on any atom is -0.493 e. The molecule has 1 amide bonds. The lowest BCUT2D eigenvalue weighted by atomic mass is 10.1. The van der Waals surface area contributed by atoms with Crippen LogP contribution in [0.1, 0.15) is 11.1 Å². The van der Waals surface area contributed by atoms with Gasteiger partial charge in [-0.1, -0.05) is 78.0 Å². The van der Waals surface area contributed by atoms with Gasteiger partial charge in [-0.2, -0.15) is 0 Å². The van der Waals surface area contributed by atoms with Gasteiger partial charge in [0.2, 0.25) is 0 Å². The van der Waals surface area contributed by atoms with Gasteiger partial charge in [0.25, 0.3) is 5.91 Å². The van der Waals surface area contributed by atoms with E-state index in [1.165, 1.54) is 23.1 Å². The van der Waals surface area contributed by atoms with Crippen molar-refractivity contribution in [2.24, 2.45) is 0 Å². The van der Waals surface area contributed by atoms with Crippen molar-refractivity contribution in [2.75, 3.05) is 12.0 Å². The standard InChI is InChI=1S/C28H18BrClFNO3S2/c1-34-24-12-16(13-25-27(33)32(28(36)37-25)19-9-10-23(31)22(30)14-19)11-21(29)26(24)35-15-18-7-4-6-17-5-2-3-8-20(17)18/h2-14H,15H2,1H3/b25-13+. The van der Waals surface area contributed by atoms with E-state index in [2.05, 4.69) is 34.1 Å². The highest BCUT2D eigenvalue weighted by Gasteiger charge is 2.33. The molecule has 0 spiro atoms. The number of hydrogen-bond donors (Lipinski definition) is 0. The Morgan fingerprint density at radius 2 is 1.89 bits per heavy atom. The maximum atomic E-state index is 13.6. The molecule has 37 heavy (non-hydrogen) atoms. The molecule has 1 aliphatic rings. The number of fused-ring (bicyclic) bond motifs is 1. The molecule has 186 valence electrons. The third-order valence-corrected chi connectivity index (χ3v) is 7.94. The summed E-state index contributed by atoms with van der Waals surface area (Å²) >= 11 is 16.1. The minimum absolute atomic E-state index is 0.0803. The fraction of sp³-hybridized carbons (Fsp3) is 0.0714. The van der Waals surface area contributed by atoms with Crippen LogP contribution in [-0.4, -0.2) is 17.3 Å². The van der Waals surface area contributed by atoms with Crippen molar-refractivity contribution in [2.45, 2.75) is 6.61 Å². The van der Waals surface area contributed by atoms with Crippen molar-refractivity contribution >= 4 is 84.3 Å². The summed E-state index contributed by atoms with van der Waals surface area (Å²) in [5.41, 5.74) is 2.19. The van der Waals surface area contributed by atoms with Gasteiger partial charge in [0.15, 0.2) is 15.8 Å². The Kier molecular flexibility index (Phi) is 7.53. The molecule has 4 aromatic carbocycles. The normalized spacial score (nSPS) is 14.6. The number of carbonyl (C=O) groups excluding carboxylic acids is 1. The van der Waals surface area contributed by atoms with E-state index in [4.69, 9.17) is 33.3 Å². The molecule has 0 saturated carbocycles. The molecule has 0 aromatic heterocycles. The first-order valence-corrected chi connectivity index (χ1v) is 13.5. The Morgan fingerprint density at radius 3 is 2.68 bits per heavy atom. The van der Waals surface area contributed by atoms with E-state index in [0.717, 1.165) is 33.7 Å². The van der Waals surface area contributed by atoms with E-state index < -0.39 is 5.82 Å². The van der Waals surface area contributed by atoms with Crippen molar-refractivity contribution in [3.63, 3.8) is 0 Å². The predicted octanol–water partition coefficient (Wildman–Crippen LogP) is 8.39. The number of rotatable bonds is 6. The lowest BCUT2D eigenvalue weighted by Gasteiger charge is -2.15. The number of thiocarbonyl (C=S) groups is 1. The number of methoxy groups -OCH3 is 1. The van der Waals surface area contributed by atoms with Gasteiger partial charge < -0.3 is 9.47 Å². The zero-order chi connectivity index (χ0) is 26.1. The molecule has 0 N–H and O–H groups in total. The summed E-state index contributed by atoms with van der Waals surface area (Å²) < 4.78 is 26.4. The average molecular weight is 615 g/mol. The molecule has 0 radical (unpaired) electrons. The third kappa shape index (κ3) is 5.25. The van der Waals surface area contributed by atoms with E-state index >= 15 is 0 Å². The fourth-order valence-corrected chi connectivity index (χ4v) is 6.05. The maximum absolute atomic E-state index is 13.6. The second-order valence-corrected chi connectivity index (χ2v) is 11.0. The van der Waals surface area contributed by atoms with Gasteiger partial charge >= 0.3 is 0 Å². The highest BCUT2D eigenvalue weighted by atomic mass is 79.9. The first kappa shape index (κ1) is 25.7. The fourth-order valence-electron chi connectivity index (χ4n) is 4.00. The van der Waals surface area contributed by atoms with Crippen LogP contribution in [0.25, 0.3) is 16.8 Å². The van der Waals surface area contributed by atoms with Crippen LogP contribution >= 0.6 is 51.5 Å². The van der Waals surface area contributed by atoms with Crippen LogP contribution in [0.3, 0.4) is 0 Å². The van der Waals surface area contributed by atoms with Gasteiger partial charge in [0.1, 0.15) is 12.4 Å². The lowest BCUT2D eigenvalue weighted by Crippen LogP contribution is -2.27. The number of hydrogen-bond acceptors (Lipinski definition) is 5. The van der Waals surface area contributed by atoms with E-state index in [-0.39, 0.29) is 10.9 Å². The first-order valence-electron chi connectivity index (χ1n) is 11.1. The SMILES string of the molecule is COc1cc(/C=C2/SC(=S)N(c3ccc(F)c(Cl)c3)C2=O)cc(Br)c1OCc1cccc2ccccc12. The van der Waals surface area contributed by atoms with Crippen LogP contribution in [0.2, 0.25) is 5.02 Å². The molecular weight excluding hydrogens is 597 g/mol. The Labute approximate surface area is 236 Å². The number of nitrogens with zero attached hydrogens (tertiary/aromatic N) is 1. The summed E-state index contributed by atoms with van der Waals surface area (Å²) in [4.78, 5) is 14.9. The molecule has 9 heteroatoms. The molecule has 0 bridgehead atoms. The Morgan fingerprint density at radius 1 is 1.11 bits per heavy atom. The Balaban J connectivity index is 1.40. The maximum Gasteiger partial charge on any atom is 0.270 e. The lowest BCUT2D eigenvalue weighted by molar-refractivity contribution is -0.113. The molecule has 4 nitrogen and oxygen atoms in total. The first-order chi connectivity index (χ1) is 17.9. The molecule has 0 atom stereocenters. The summed E-state index contributed by atoms with van der Waals surface area (Å²) in [6.07, 6.45) is 1.73. The zero-order valence-electron chi connectivity index (χ0n) is 19.3. The van der Waals surface area contributed by atoms with E-state index in [9.17, 15) is 9.18 Å². The van der Waals surface area contributed by atoms with Gasteiger partial charge in [-0.25, -0.2) is 4.39 Å². The Bertz CT molecular complexity index is 1590. The molecular formula is C28H18BrClFNO3S2. The van der Waals surface area contributed by atoms with Crippen molar-refractivity contribution in [3.8, 4) is 11.5 Å². The highest BCUT2D eigenvalue weighted by molar-refractivity contribution is 9.10. The van der Waals surface area contributed by atoms with Gasteiger partial charge in [-0.05, 0) is 74.2 Å². The molecule has 4 aromatic rings. The molecule has 1 fully saturated rings. The van der Waals surface area contributed by atoms with Crippen LogP contribution < -0.4 is 14.4 Å². The molecule has 0 aliphatic carbocycles. The number of amides is 1. The number of benzene rings is 4. The quantitative estimate of drug-likeness (QED) is 0.161. The Hall–Kier alpha value is -2.91. The van der Waals surface area contributed by atoms with Crippen LogP contribution in [-0.2, 0) is 11.4 Å². The summed E-state index contributed by atoms with van der Waals surface area (Å²) in [6, 6.07) is 22.0. The van der Waals surface area contributed by atoms with Crippen molar-refractivity contribution in [1.82, 2.24) is 0 Å². The van der Waals surface area contributed by atoms with E-state index in [1.54, 1.807) is 19.3 Å². The van der Waals surface area contributed by atoms with Gasteiger partial charge in [-0.3, -0.25) is 9.69 Å². The van der Waals surface area contributed by atoms with Crippen LogP contribution in [0, 0.1) is 5.82 Å². The second-order valence-electron chi connectivity index (χ2n) is 8.08. The van der Waals surface area contributed by atoms with Crippen LogP contribution in [0.4, 0.5) is 10.1 Å². The number of halogens is 3. The van der Waals surface area contributed by atoms with Crippen molar-refractivity contribution in [1.29, 1.82) is 0 Å². The summed E-state index contributed by atoms with van der Waals surface area (Å²) in [5.74, 6) is 0.192. The number of carbonyl (C=O) groups is 1. The van der Waals surface area contributed by atoms with Gasteiger partial charge in [-0.15, -0.1) is 0 Å². The zero-order valence-corrected chi connectivity index (χ0v) is 23.3. The summed E-state index contributed by atoms with van der Waals surface area (Å²) in [7, 11) is 1.56. The van der Waals surface area contributed by atoms with E-state index in [1.807, 2.05) is 30.3 Å². The molecule has 5 rings (SSSR count). The third-order valence-electron chi connectivity index (χ3n) is 5.76. The van der Waals surface area contributed by atoms with Crippen LogP contribution in [0.15, 0.2) is 82.2 Å². The van der Waals surface area contributed by atoms with Crippen molar-refractivity contribution in [3.05, 3.63) is 104 Å². The van der Waals surface area contributed by atoms with Gasteiger partial charge in [0.05, 0.1) is 27.2 Å². The van der Waals surface area contributed by atoms with Crippen LogP contribution in [0.5, 0.6) is 11.5 Å². The summed E-state index contributed by atoms with van der Waals surface area (Å²) in [5, 5.41) is 2.19. The van der Waals surface area contributed by atoms with E-state index in [0.29, 0.717) is 37.5 Å². The minimum atomic E-state index is -0.564. The predicted molar refractivity (Wildman–Crippen MR) is 156 cm³/mol. The average Bonchev–Trinajstić information content (AvgIpc) is 3.17. The largest absolute Gasteiger partial charge is 0.493 e. The molecule has 1 heterocycles. The molecule has 1 saturated heterocycles. The number of thioether (sulfide) groups is 1. The highest BCUT2D eigenvalue weighted by Crippen LogP contribution is 2.41. The van der Waals surface area contributed by atoms with Crippen molar-refractivity contribution < 1.29 is 18.7 Å². The monoisotopic (exact) mass is 613 g/mol. The second kappa shape index (κ2) is 10.8. The van der Waals surface area contributed by atoms with Gasteiger partial charge in [0, 0.05) is 0 Å². The smallest absolute Gasteiger partial charge is 0.270 e.